The number of benzene rings is 1. The minimum absolute atomic E-state index is 0.153. The lowest BCUT2D eigenvalue weighted by molar-refractivity contribution is 0.336. The van der Waals surface area contributed by atoms with Crippen molar-refractivity contribution in [3.05, 3.63) is 34.3 Å². The Morgan fingerprint density at radius 2 is 2.25 bits per heavy atom. The van der Waals surface area contributed by atoms with Crippen LogP contribution in [0.25, 0.3) is 0 Å². The quantitative estimate of drug-likeness (QED) is 0.895. The van der Waals surface area contributed by atoms with Gasteiger partial charge in [-0.15, -0.1) is 0 Å². The van der Waals surface area contributed by atoms with Crippen molar-refractivity contribution < 1.29 is 0 Å². The Balaban J connectivity index is 1.96. The standard InChI is InChI=1S/C13H19BrN2/c14-12-6-2-1-5-11(12)13(15)8-10-4-3-7-16-9-10/h1-2,5-6,10,13,16H,3-4,7-9,15H2. The molecule has 0 spiro atoms. The molecule has 0 aliphatic carbocycles. The monoisotopic (exact) mass is 282 g/mol. The summed E-state index contributed by atoms with van der Waals surface area (Å²) in [6, 6.07) is 8.42. The zero-order valence-electron chi connectivity index (χ0n) is 9.45. The minimum Gasteiger partial charge on any atom is -0.324 e. The normalized spacial score (nSPS) is 23.0. The number of halogens is 1. The third-order valence-electron chi connectivity index (χ3n) is 3.29. The van der Waals surface area contributed by atoms with Gasteiger partial charge in [0.2, 0.25) is 0 Å². The highest BCUT2D eigenvalue weighted by atomic mass is 79.9. The molecular formula is C13H19BrN2. The highest BCUT2D eigenvalue weighted by Gasteiger charge is 2.18. The third-order valence-corrected chi connectivity index (χ3v) is 4.01. The Morgan fingerprint density at radius 1 is 1.44 bits per heavy atom. The number of nitrogens with two attached hydrogens (primary N) is 1. The van der Waals surface area contributed by atoms with E-state index in [1.54, 1.807) is 0 Å². The molecule has 1 aromatic rings. The summed E-state index contributed by atoms with van der Waals surface area (Å²) in [6.07, 6.45) is 3.67. The summed E-state index contributed by atoms with van der Waals surface area (Å²) in [6.45, 7) is 2.29. The van der Waals surface area contributed by atoms with Gasteiger partial charge in [0.15, 0.2) is 0 Å². The van der Waals surface area contributed by atoms with Gasteiger partial charge >= 0.3 is 0 Å². The van der Waals surface area contributed by atoms with Gasteiger partial charge in [-0.3, -0.25) is 0 Å². The molecule has 0 aromatic heterocycles. The molecule has 2 atom stereocenters. The van der Waals surface area contributed by atoms with E-state index in [2.05, 4.69) is 39.4 Å². The zero-order chi connectivity index (χ0) is 11.4. The SMILES string of the molecule is NC(CC1CCCNC1)c1ccccc1Br. The number of rotatable bonds is 3. The van der Waals surface area contributed by atoms with Crippen LogP contribution in [0.1, 0.15) is 30.9 Å². The molecule has 0 bridgehead atoms. The minimum atomic E-state index is 0.153. The van der Waals surface area contributed by atoms with Gasteiger partial charge in [0, 0.05) is 10.5 Å². The second kappa shape index (κ2) is 5.80. The average Bonchev–Trinajstić information content (AvgIpc) is 2.31. The van der Waals surface area contributed by atoms with Crippen LogP contribution in [0, 0.1) is 5.92 Å². The highest BCUT2D eigenvalue weighted by Crippen LogP contribution is 2.28. The van der Waals surface area contributed by atoms with Crippen LogP contribution >= 0.6 is 15.9 Å². The summed E-state index contributed by atoms with van der Waals surface area (Å²) in [5.74, 6) is 0.732. The fraction of sp³-hybridized carbons (Fsp3) is 0.538. The molecule has 16 heavy (non-hydrogen) atoms. The predicted molar refractivity (Wildman–Crippen MR) is 71.3 cm³/mol. The van der Waals surface area contributed by atoms with E-state index >= 15 is 0 Å². The topological polar surface area (TPSA) is 38.0 Å². The van der Waals surface area contributed by atoms with Gasteiger partial charge in [-0.05, 0) is 49.9 Å². The Labute approximate surface area is 106 Å². The number of hydrogen-bond acceptors (Lipinski definition) is 2. The van der Waals surface area contributed by atoms with Crippen molar-refractivity contribution in [2.45, 2.75) is 25.3 Å². The summed E-state index contributed by atoms with van der Waals surface area (Å²) in [7, 11) is 0. The first-order chi connectivity index (χ1) is 7.77. The Bertz CT molecular complexity index is 334. The van der Waals surface area contributed by atoms with Crippen molar-refractivity contribution in [1.82, 2.24) is 5.32 Å². The summed E-state index contributed by atoms with van der Waals surface area (Å²) in [5.41, 5.74) is 7.50. The van der Waals surface area contributed by atoms with Crippen LogP contribution < -0.4 is 11.1 Å². The molecule has 1 fully saturated rings. The van der Waals surface area contributed by atoms with Crippen molar-refractivity contribution in [2.24, 2.45) is 11.7 Å². The van der Waals surface area contributed by atoms with Gasteiger partial charge in [-0.1, -0.05) is 34.1 Å². The summed E-state index contributed by atoms with van der Waals surface area (Å²) >= 11 is 3.57. The number of nitrogens with one attached hydrogen (secondary N) is 1. The van der Waals surface area contributed by atoms with Crippen LogP contribution in [-0.2, 0) is 0 Å². The van der Waals surface area contributed by atoms with E-state index in [1.807, 2.05) is 6.07 Å². The molecule has 3 heteroatoms. The molecule has 1 saturated heterocycles. The molecule has 88 valence electrons. The molecule has 0 amide bonds. The Kier molecular flexibility index (Phi) is 4.38. The van der Waals surface area contributed by atoms with Gasteiger partial charge in [0.25, 0.3) is 0 Å². The Morgan fingerprint density at radius 3 is 2.94 bits per heavy atom. The smallest absolute Gasteiger partial charge is 0.0309 e. The van der Waals surface area contributed by atoms with Crippen molar-refractivity contribution in [3.8, 4) is 0 Å². The lowest BCUT2D eigenvalue weighted by Gasteiger charge is -2.26. The maximum absolute atomic E-state index is 6.27. The zero-order valence-corrected chi connectivity index (χ0v) is 11.0. The van der Waals surface area contributed by atoms with Crippen LogP contribution in [0.15, 0.2) is 28.7 Å². The van der Waals surface area contributed by atoms with E-state index in [4.69, 9.17) is 5.73 Å². The summed E-state index contributed by atoms with van der Waals surface area (Å²) in [5, 5.41) is 3.44. The molecule has 3 N–H and O–H groups in total. The fourth-order valence-electron chi connectivity index (χ4n) is 2.39. The van der Waals surface area contributed by atoms with E-state index in [-0.39, 0.29) is 6.04 Å². The van der Waals surface area contributed by atoms with Crippen molar-refractivity contribution in [2.75, 3.05) is 13.1 Å². The maximum atomic E-state index is 6.27. The number of hydrogen-bond donors (Lipinski definition) is 2. The molecule has 0 radical (unpaired) electrons. The van der Waals surface area contributed by atoms with E-state index < -0.39 is 0 Å². The van der Waals surface area contributed by atoms with Gasteiger partial charge in [-0.25, -0.2) is 0 Å². The second-order valence-corrected chi connectivity index (χ2v) is 5.43. The maximum Gasteiger partial charge on any atom is 0.0309 e. The average molecular weight is 283 g/mol. The van der Waals surface area contributed by atoms with Crippen LogP contribution in [0.2, 0.25) is 0 Å². The molecular weight excluding hydrogens is 264 g/mol. The first kappa shape index (κ1) is 12.1. The highest BCUT2D eigenvalue weighted by molar-refractivity contribution is 9.10. The van der Waals surface area contributed by atoms with E-state index in [0.29, 0.717) is 0 Å². The molecule has 1 aliphatic rings. The second-order valence-electron chi connectivity index (χ2n) is 4.58. The molecule has 1 aromatic carbocycles. The molecule has 2 rings (SSSR count). The largest absolute Gasteiger partial charge is 0.324 e. The van der Waals surface area contributed by atoms with Crippen LogP contribution in [-0.4, -0.2) is 13.1 Å². The fourth-order valence-corrected chi connectivity index (χ4v) is 2.97. The van der Waals surface area contributed by atoms with Crippen LogP contribution in [0.3, 0.4) is 0 Å². The lowest BCUT2D eigenvalue weighted by atomic mass is 9.90. The van der Waals surface area contributed by atoms with E-state index in [1.165, 1.54) is 24.9 Å². The Hall–Kier alpha value is -0.380. The van der Waals surface area contributed by atoms with Crippen LogP contribution in [0.5, 0.6) is 0 Å². The van der Waals surface area contributed by atoms with Crippen molar-refractivity contribution in [1.29, 1.82) is 0 Å². The summed E-state index contributed by atoms with van der Waals surface area (Å²) < 4.78 is 1.13. The van der Waals surface area contributed by atoms with Crippen molar-refractivity contribution >= 4 is 15.9 Å². The van der Waals surface area contributed by atoms with Crippen LogP contribution in [0.4, 0.5) is 0 Å². The van der Waals surface area contributed by atoms with E-state index in [0.717, 1.165) is 23.4 Å². The van der Waals surface area contributed by atoms with Crippen molar-refractivity contribution in [3.63, 3.8) is 0 Å². The van der Waals surface area contributed by atoms with Gasteiger partial charge in [0.05, 0.1) is 0 Å². The lowest BCUT2D eigenvalue weighted by Crippen LogP contribution is -2.31. The molecule has 2 nitrogen and oxygen atoms in total. The first-order valence-corrected chi connectivity index (χ1v) is 6.77. The third kappa shape index (κ3) is 3.06. The number of piperidine rings is 1. The first-order valence-electron chi connectivity index (χ1n) is 5.98. The summed E-state index contributed by atoms with van der Waals surface area (Å²) in [4.78, 5) is 0. The molecule has 2 unspecified atom stereocenters. The van der Waals surface area contributed by atoms with Gasteiger partial charge in [-0.2, -0.15) is 0 Å². The van der Waals surface area contributed by atoms with E-state index in [9.17, 15) is 0 Å². The van der Waals surface area contributed by atoms with Gasteiger partial charge < -0.3 is 11.1 Å². The predicted octanol–water partition coefficient (Wildman–Crippen LogP) is 2.84. The van der Waals surface area contributed by atoms with Gasteiger partial charge in [0.1, 0.15) is 0 Å². The molecule has 1 aliphatic heterocycles. The molecule has 0 saturated carbocycles. The molecule has 1 heterocycles.